The van der Waals surface area contributed by atoms with Crippen molar-refractivity contribution in [3.05, 3.63) is 58.2 Å². The van der Waals surface area contributed by atoms with E-state index in [2.05, 4.69) is 21.2 Å². The van der Waals surface area contributed by atoms with Crippen LogP contribution in [0.2, 0.25) is 0 Å². The number of hydrogen-bond donors (Lipinski definition) is 1. The van der Waals surface area contributed by atoms with Crippen LogP contribution < -0.4 is 5.32 Å². The highest BCUT2D eigenvalue weighted by atomic mass is 79.9. The number of carbonyl (C=O) groups excluding carboxylic acids is 2. The van der Waals surface area contributed by atoms with Crippen molar-refractivity contribution in [2.45, 2.75) is 13.0 Å². The van der Waals surface area contributed by atoms with Crippen LogP contribution in [0.15, 0.2) is 45.5 Å². The number of hydrogen-bond acceptors (Lipinski definition) is 4. The first-order chi connectivity index (χ1) is 10.5. The van der Waals surface area contributed by atoms with Gasteiger partial charge in [0, 0.05) is 4.47 Å². The van der Waals surface area contributed by atoms with Gasteiger partial charge in [0.1, 0.15) is 11.6 Å². The summed E-state index contributed by atoms with van der Waals surface area (Å²) in [6.45, 7) is 1.22. The van der Waals surface area contributed by atoms with Crippen molar-refractivity contribution in [3.8, 4) is 0 Å². The van der Waals surface area contributed by atoms with Gasteiger partial charge in [0.05, 0.1) is 17.9 Å². The second kappa shape index (κ2) is 7.22. The van der Waals surface area contributed by atoms with E-state index in [1.54, 1.807) is 19.1 Å². The van der Waals surface area contributed by atoms with Gasteiger partial charge in [0.25, 0.3) is 5.91 Å². The molecule has 5 nitrogen and oxygen atoms in total. The van der Waals surface area contributed by atoms with Gasteiger partial charge in [0.2, 0.25) is 0 Å². The van der Waals surface area contributed by atoms with Crippen LogP contribution in [0.25, 0.3) is 0 Å². The van der Waals surface area contributed by atoms with Crippen LogP contribution in [0.3, 0.4) is 0 Å². The number of nitrogens with one attached hydrogen (secondary N) is 1. The molecule has 0 saturated heterocycles. The first-order valence-corrected chi connectivity index (χ1v) is 7.21. The van der Waals surface area contributed by atoms with E-state index in [0.29, 0.717) is 10.2 Å². The zero-order valence-electron chi connectivity index (χ0n) is 11.6. The van der Waals surface area contributed by atoms with Gasteiger partial charge < -0.3 is 14.5 Å². The van der Waals surface area contributed by atoms with E-state index < -0.39 is 24.3 Å². The van der Waals surface area contributed by atoms with Crippen LogP contribution in [-0.2, 0) is 9.53 Å². The van der Waals surface area contributed by atoms with Gasteiger partial charge in [-0.15, -0.1) is 0 Å². The molecule has 0 aliphatic heterocycles. The predicted octanol–water partition coefficient (Wildman–Crippen LogP) is 3.22. The standard InChI is InChI=1S/C15H13BrFNO4/c1-9(13-3-2-6-21-13)18-14(19)8-22-15(20)11-7-10(16)4-5-12(11)17/h2-7,9H,8H2,1H3,(H,18,19)/t9-/m0/s1. The molecule has 1 aromatic heterocycles. The third kappa shape index (κ3) is 4.17. The molecule has 0 aliphatic carbocycles. The molecule has 0 aliphatic rings. The predicted molar refractivity (Wildman–Crippen MR) is 79.6 cm³/mol. The zero-order valence-corrected chi connectivity index (χ0v) is 13.2. The lowest BCUT2D eigenvalue weighted by atomic mass is 10.2. The van der Waals surface area contributed by atoms with Gasteiger partial charge in [-0.25, -0.2) is 9.18 Å². The zero-order chi connectivity index (χ0) is 16.1. The van der Waals surface area contributed by atoms with Crippen LogP contribution in [0, 0.1) is 5.82 Å². The summed E-state index contributed by atoms with van der Waals surface area (Å²) in [7, 11) is 0. The second-order valence-corrected chi connectivity index (χ2v) is 5.42. The van der Waals surface area contributed by atoms with Crippen LogP contribution in [0.1, 0.15) is 29.1 Å². The largest absolute Gasteiger partial charge is 0.467 e. The van der Waals surface area contributed by atoms with Gasteiger partial charge in [-0.2, -0.15) is 0 Å². The first kappa shape index (κ1) is 16.2. The van der Waals surface area contributed by atoms with Crippen molar-refractivity contribution in [1.29, 1.82) is 0 Å². The molecule has 1 N–H and O–H groups in total. The molecule has 1 atom stereocenters. The van der Waals surface area contributed by atoms with Crippen LogP contribution in [-0.4, -0.2) is 18.5 Å². The molecular formula is C15H13BrFNO4. The smallest absolute Gasteiger partial charge is 0.341 e. The van der Waals surface area contributed by atoms with Crippen LogP contribution >= 0.6 is 15.9 Å². The monoisotopic (exact) mass is 369 g/mol. The number of carbonyl (C=O) groups is 2. The van der Waals surface area contributed by atoms with Crippen LogP contribution in [0.5, 0.6) is 0 Å². The topological polar surface area (TPSA) is 68.5 Å². The molecule has 22 heavy (non-hydrogen) atoms. The Morgan fingerprint density at radius 1 is 1.41 bits per heavy atom. The minimum Gasteiger partial charge on any atom is -0.467 e. The molecule has 116 valence electrons. The Morgan fingerprint density at radius 2 is 2.18 bits per heavy atom. The molecular weight excluding hydrogens is 357 g/mol. The first-order valence-electron chi connectivity index (χ1n) is 6.42. The summed E-state index contributed by atoms with van der Waals surface area (Å²) in [4.78, 5) is 23.5. The van der Waals surface area contributed by atoms with Gasteiger partial charge >= 0.3 is 5.97 Å². The van der Waals surface area contributed by atoms with E-state index in [-0.39, 0.29) is 11.6 Å². The molecule has 1 heterocycles. The Hall–Kier alpha value is -2.15. The maximum atomic E-state index is 13.5. The van der Waals surface area contributed by atoms with Crippen molar-refractivity contribution < 1.29 is 23.1 Å². The highest BCUT2D eigenvalue weighted by Gasteiger charge is 2.17. The molecule has 0 radical (unpaired) electrons. The number of amides is 1. The second-order valence-electron chi connectivity index (χ2n) is 4.50. The highest BCUT2D eigenvalue weighted by Crippen LogP contribution is 2.16. The van der Waals surface area contributed by atoms with E-state index in [1.807, 2.05) is 0 Å². The lowest BCUT2D eigenvalue weighted by Crippen LogP contribution is -2.31. The van der Waals surface area contributed by atoms with E-state index in [4.69, 9.17) is 9.15 Å². The maximum Gasteiger partial charge on any atom is 0.341 e. The SMILES string of the molecule is C[C@H](NC(=O)COC(=O)c1cc(Br)ccc1F)c1ccco1. The minimum atomic E-state index is -0.903. The van der Waals surface area contributed by atoms with Gasteiger partial charge in [-0.1, -0.05) is 15.9 Å². The normalized spacial score (nSPS) is 11.8. The Labute approximate surface area is 134 Å². The van der Waals surface area contributed by atoms with E-state index in [1.165, 1.54) is 18.4 Å². The summed E-state index contributed by atoms with van der Waals surface area (Å²) >= 11 is 3.14. The molecule has 1 aromatic carbocycles. The summed E-state index contributed by atoms with van der Waals surface area (Å²) in [6.07, 6.45) is 1.49. The summed E-state index contributed by atoms with van der Waals surface area (Å²) in [5.41, 5.74) is -0.235. The highest BCUT2D eigenvalue weighted by molar-refractivity contribution is 9.10. The van der Waals surface area contributed by atoms with Gasteiger partial charge in [-0.05, 0) is 37.3 Å². The number of ether oxygens (including phenoxy) is 1. The van der Waals surface area contributed by atoms with Crippen molar-refractivity contribution >= 4 is 27.8 Å². The van der Waals surface area contributed by atoms with Gasteiger partial charge in [0.15, 0.2) is 6.61 Å². The molecule has 0 saturated carbocycles. The third-order valence-electron chi connectivity index (χ3n) is 2.83. The molecule has 0 bridgehead atoms. The number of rotatable bonds is 5. The fraction of sp³-hybridized carbons (Fsp3) is 0.200. The molecule has 7 heteroatoms. The molecule has 0 unspecified atom stereocenters. The summed E-state index contributed by atoms with van der Waals surface area (Å²) in [5, 5.41) is 2.60. The van der Waals surface area contributed by atoms with E-state index in [0.717, 1.165) is 6.07 Å². The Kier molecular flexibility index (Phi) is 5.32. The Bertz CT molecular complexity index is 672. The van der Waals surface area contributed by atoms with Crippen LogP contribution in [0.4, 0.5) is 4.39 Å². The quantitative estimate of drug-likeness (QED) is 0.821. The fourth-order valence-electron chi connectivity index (χ4n) is 1.75. The van der Waals surface area contributed by atoms with E-state index >= 15 is 0 Å². The average Bonchev–Trinajstić information content (AvgIpc) is 3.01. The number of halogens is 2. The minimum absolute atomic E-state index is 0.235. The van der Waals surface area contributed by atoms with Crippen molar-refractivity contribution in [3.63, 3.8) is 0 Å². The third-order valence-corrected chi connectivity index (χ3v) is 3.32. The molecule has 1 amide bonds. The summed E-state index contributed by atoms with van der Waals surface area (Å²) < 4.78 is 24.0. The maximum absolute atomic E-state index is 13.5. The molecule has 2 rings (SSSR count). The molecule has 0 spiro atoms. The summed E-state index contributed by atoms with van der Waals surface area (Å²) in [5.74, 6) is -1.54. The van der Waals surface area contributed by atoms with Crippen molar-refractivity contribution in [2.24, 2.45) is 0 Å². The number of furan rings is 1. The van der Waals surface area contributed by atoms with E-state index in [9.17, 15) is 14.0 Å². The summed E-state index contributed by atoms with van der Waals surface area (Å²) in [6, 6.07) is 6.95. The average molecular weight is 370 g/mol. The number of benzene rings is 1. The molecule has 2 aromatic rings. The Balaban J connectivity index is 1.88. The van der Waals surface area contributed by atoms with Crippen molar-refractivity contribution in [1.82, 2.24) is 5.32 Å². The lowest BCUT2D eigenvalue weighted by Gasteiger charge is -2.11. The molecule has 0 fully saturated rings. The van der Waals surface area contributed by atoms with Crippen molar-refractivity contribution in [2.75, 3.05) is 6.61 Å². The van der Waals surface area contributed by atoms with Gasteiger partial charge in [-0.3, -0.25) is 4.79 Å². The lowest BCUT2D eigenvalue weighted by molar-refractivity contribution is -0.125. The number of esters is 1. The Morgan fingerprint density at radius 3 is 2.86 bits per heavy atom. The fourth-order valence-corrected chi connectivity index (χ4v) is 2.12.